The number of halogens is 1. The molecule has 0 aromatic heterocycles. The van der Waals surface area contributed by atoms with Gasteiger partial charge in [0.2, 0.25) is 0 Å². The lowest BCUT2D eigenvalue weighted by Crippen LogP contribution is -2.25. The standard InChI is InChI=1S/C10H11ClN4O/c11-6-3-1-5(2-4-6)7-8(14-7)9(16)15-10(12)13/h1-4,7-8,14H,(H4,12,13,15,16). The molecule has 2 rings (SSSR count). The lowest BCUT2D eigenvalue weighted by Gasteiger charge is -1.96. The fraction of sp³-hybridized carbons (Fsp3) is 0.200. The lowest BCUT2D eigenvalue weighted by atomic mass is 10.1. The molecule has 1 fully saturated rings. The minimum Gasteiger partial charge on any atom is -0.370 e. The number of hydrogen-bond acceptors (Lipinski definition) is 2. The van der Waals surface area contributed by atoms with Gasteiger partial charge in [0.15, 0.2) is 5.96 Å². The van der Waals surface area contributed by atoms with Crippen molar-refractivity contribution in [1.82, 2.24) is 5.32 Å². The zero-order valence-electron chi connectivity index (χ0n) is 8.35. The van der Waals surface area contributed by atoms with Gasteiger partial charge in [-0.25, -0.2) is 0 Å². The van der Waals surface area contributed by atoms with Crippen LogP contribution in [0, 0.1) is 0 Å². The van der Waals surface area contributed by atoms with Crippen LogP contribution in [0.15, 0.2) is 29.3 Å². The molecule has 0 bridgehead atoms. The van der Waals surface area contributed by atoms with Crippen LogP contribution < -0.4 is 16.8 Å². The molecule has 6 heteroatoms. The van der Waals surface area contributed by atoms with Crippen LogP contribution in [0.2, 0.25) is 5.02 Å². The van der Waals surface area contributed by atoms with E-state index in [4.69, 9.17) is 23.1 Å². The Balaban J connectivity index is 2.04. The predicted molar refractivity (Wildman–Crippen MR) is 61.9 cm³/mol. The van der Waals surface area contributed by atoms with Crippen molar-refractivity contribution in [3.63, 3.8) is 0 Å². The first-order valence-corrected chi connectivity index (χ1v) is 5.11. The highest BCUT2D eigenvalue weighted by molar-refractivity contribution is 6.30. The van der Waals surface area contributed by atoms with Gasteiger partial charge in [0.25, 0.3) is 5.91 Å². The Bertz CT molecular complexity index is 439. The maximum atomic E-state index is 11.4. The summed E-state index contributed by atoms with van der Waals surface area (Å²) in [6.45, 7) is 0. The molecular weight excluding hydrogens is 228 g/mol. The van der Waals surface area contributed by atoms with Gasteiger partial charge in [0, 0.05) is 5.02 Å². The van der Waals surface area contributed by atoms with Crippen molar-refractivity contribution >= 4 is 23.5 Å². The third-order valence-corrected chi connectivity index (χ3v) is 2.57. The summed E-state index contributed by atoms with van der Waals surface area (Å²) in [6.07, 6.45) is 0. The second kappa shape index (κ2) is 4.11. The Hall–Kier alpha value is -1.59. The van der Waals surface area contributed by atoms with Gasteiger partial charge in [-0.15, -0.1) is 0 Å². The highest BCUT2D eigenvalue weighted by Gasteiger charge is 2.43. The molecule has 1 saturated heterocycles. The van der Waals surface area contributed by atoms with Crippen molar-refractivity contribution in [3.05, 3.63) is 34.9 Å². The average molecular weight is 239 g/mol. The number of guanidine groups is 1. The van der Waals surface area contributed by atoms with Gasteiger partial charge >= 0.3 is 0 Å². The molecule has 1 aromatic carbocycles. The first-order valence-electron chi connectivity index (χ1n) is 4.73. The van der Waals surface area contributed by atoms with Crippen LogP contribution in [0.4, 0.5) is 0 Å². The maximum absolute atomic E-state index is 11.4. The van der Waals surface area contributed by atoms with Gasteiger partial charge in [0.05, 0.1) is 6.04 Å². The van der Waals surface area contributed by atoms with E-state index < -0.39 is 0 Å². The van der Waals surface area contributed by atoms with E-state index in [1.807, 2.05) is 12.1 Å². The molecule has 0 spiro atoms. The van der Waals surface area contributed by atoms with E-state index in [1.54, 1.807) is 12.1 Å². The highest BCUT2D eigenvalue weighted by atomic mass is 35.5. The van der Waals surface area contributed by atoms with E-state index in [0.717, 1.165) is 5.56 Å². The van der Waals surface area contributed by atoms with Crippen molar-refractivity contribution < 1.29 is 4.79 Å². The van der Waals surface area contributed by atoms with Crippen LogP contribution in [0.3, 0.4) is 0 Å². The van der Waals surface area contributed by atoms with E-state index in [2.05, 4.69) is 10.3 Å². The van der Waals surface area contributed by atoms with Crippen molar-refractivity contribution in [2.45, 2.75) is 12.1 Å². The quantitative estimate of drug-likeness (QED) is 0.388. The summed E-state index contributed by atoms with van der Waals surface area (Å²) in [6, 6.07) is 6.93. The van der Waals surface area contributed by atoms with E-state index in [-0.39, 0.29) is 24.0 Å². The summed E-state index contributed by atoms with van der Waals surface area (Å²) in [5.74, 6) is -0.562. The predicted octanol–water partition coefficient (Wildman–Crippen LogP) is 0.153. The maximum Gasteiger partial charge on any atom is 0.267 e. The molecule has 2 unspecified atom stereocenters. The van der Waals surface area contributed by atoms with Crippen LogP contribution in [0.5, 0.6) is 0 Å². The number of benzene rings is 1. The molecule has 84 valence electrons. The second-order valence-electron chi connectivity index (χ2n) is 3.55. The molecule has 5 nitrogen and oxygen atoms in total. The number of aliphatic imine (C=N–C) groups is 1. The topological polar surface area (TPSA) is 103 Å². The fourth-order valence-corrected chi connectivity index (χ4v) is 1.63. The molecule has 2 atom stereocenters. The molecule has 1 amide bonds. The Morgan fingerprint density at radius 3 is 2.50 bits per heavy atom. The number of nitrogens with zero attached hydrogens (tertiary/aromatic N) is 1. The van der Waals surface area contributed by atoms with Gasteiger partial charge in [-0.2, -0.15) is 4.99 Å². The van der Waals surface area contributed by atoms with Crippen molar-refractivity contribution in [2.75, 3.05) is 0 Å². The average Bonchev–Trinajstić information content (AvgIpc) is 2.97. The minimum atomic E-state index is -0.347. The van der Waals surface area contributed by atoms with E-state index in [1.165, 1.54) is 0 Å². The number of nitrogens with one attached hydrogen (secondary N) is 1. The van der Waals surface area contributed by atoms with Crippen molar-refractivity contribution in [3.8, 4) is 0 Å². The third kappa shape index (κ3) is 2.32. The summed E-state index contributed by atoms with van der Waals surface area (Å²) in [7, 11) is 0. The number of hydrogen-bond donors (Lipinski definition) is 3. The monoisotopic (exact) mass is 238 g/mol. The summed E-state index contributed by atoms with van der Waals surface area (Å²) in [4.78, 5) is 14.9. The molecule has 16 heavy (non-hydrogen) atoms. The zero-order chi connectivity index (χ0) is 11.7. The smallest absolute Gasteiger partial charge is 0.267 e. The largest absolute Gasteiger partial charge is 0.370 e. The Labute approximate surface area is 97.5 Å². The number of carbonyl (C=O) groups excluding carboxylic acids is 1. The minimum absolute atomic E-state index is 0.0205. The van der Waals surface area contributed by atoms with Crippen LogP contribution in [-0.4, -0.2) is 17.9 Å². The van der Waals surface area contributed by atoms with E-state index in [9.17, 15) is 4.79 Å². The van der Waals surface area contributed by atoms with Crippen LogP contribution in [0.1, 0.15) is 11.6 Å². The first-order chi connectivity index (χ1) is 7.58. The van der Waals surface area contributed by atoms with Crippen molar-refractivity contribution in [2.24, 2.45) is 16.5 Å². The van der Waals surface area contributed by atoms with E-state index in [0.29, 0.717) is 5.02 Å². The molecule has 0 aliphatic carbocycles. The van der Waals surface area contributed by atoms with Crippen LogP contribution in [0.25, 0.3) is 0 Å². The normalized spacial score (nSPS) is 22.6. The molecular formula is C10H11ClN4O. The molecule has 1 aromatic rings. The summed E-state index contributed by atoms with van der Waals surface area (Å²) >= 11 is 5.76. The summed E-state index contributed by atoms with van der Waals surface area (Å²) < 4.78 is 0. The van der Waals surface area contributed by atoms with Gasteiger partial charge in [-0.3, -0.25) is 10.1 Å². The molecule has 5 N–H and O–H groups in total. The van der Waals surface area contributed by atoms with Crippen LogP contribution in [-0.2, 0) is 4.79 Å². The van der Waals surface area contributed by atoms with Gasteiger partial charge in [-0.1, -0.05) is 23.7 Å². The molecule has 1 aliphatic heterocycles. The molecule has 0 saturated carbocycles. The lowest BCUT2D eigenvalue weighted by molar-refractivity contribution is -0.117. The number of amides is 1. The second-order valence-corrected chi connectivity index (χ2v) is 3.98. The Morgan fingerprint density at radius 1 is 1.31 bits per heavy atom. The SMILES string of the molecule is NC(N)=NC(=O)C1NC1c1ccc(Cl)cc1. The Morgan fingerprint density at radius 2 is 1.94 bits per heavy atom. The summed E-state index contributed by atoms with van der Waals surface area (Å²) in [5, 5.41) is 3.66. The summed E-state index contributed by atoms with van der Waals surface area (Å²) in [5.41, 5.74) is 11.2. The molecule has 1 heterocycles. The van der Waals surface area contributed by atoms with Gasteiger partial charge in [0.1, 0.15) is 6.04 Å². The number of rotatable bonds is 2. The third-order valence-electron chi connectivity index (χ3n) is 2.32. The fourth-order valence-electron chi connectivity index (χ4n) is 1.51. The molecule has 0 radical (unpaired) electrons. The van der Waals surface area contributed by atoms with Crippen molar-refractivity contribution in [1.29, 1.82) is 0 Å². The first kappa shape index (κ1) is 10.9. The zero-order valence-corrected chi connectivity index (χ0v) is 9.11. The molecule has 1 aliphatic rings. The number of carbonyl (C=O) groups is 1. The van der Waals surface area contributed by atoms with Crippen LogP contribution >= 0.6 is 11.6 Å². The highest BCUT2D eigenvalue weighted by Crippen LogP contribution is 2.31. The number of nitrogens with two attached hydrogens (primary N) is 2. The van der Waals surface area contributed by atoms with E-state index >= 15 is 0 Å². The van der Waals surface area contributed by atoms with Gasteiger partial charge < -0.3 is 11.5 Å². The van der Waals surface area contributed by atoms with Gasteiger partial charge in [-0.05, 0) is 17.7 Å². The Kier molecular flexibility index (Phi) is 2.80.